The molecule has 0 aliphatic heterocycles. The van der Waals surface area contributed by atoms with Gasteiger partial charge in [-0.15, -0.1) is 0 Å². The van der Waals surface area contributed by atoms with E-state index in [2.05, 4.69) is 5.32 Å². The van der Waals surface area contributed by atoms with Crippen molar-refractivity contribution in [3.05, 3.63) is 77.9 Å². The van der Waals surface area contributed by atoms with Crippen LogP contribution in [0.15, 0.2) is 66.7 Å². The van der Waals surface area contributed by atoms with Gasteiger partial charge in [0.1, 0.15) is 18.5 Å². The number of carboxylic acid groups (broad SMARTS) is 1. The number of nitrogens with one attached hydrogen (secondary N) is 1. The van der Waals surface area contributed by atoms with Crippen LogP contribution >= 0.6 is 0 Å². The maximum Gasteiger partial charge on any atom is 0.336 e. The van der Waals surface area contributed by atoms with Crippen LogP contribution in [0.25, 0.3) is 10.8 Å². The van der Waals surface area contributed by atoms with Crippen molar-refractivity contribution in [3.63, 3.8) is 0 Å². The molecule has 0 aromatic heterocycles. The highest BCUT2D eigenvalue weighted by Gasteiger charge is 2.16. The number of aliphatic hydroxyl groups is 1. The number of hydrogen-bond donors (Lipinski definition) is 3. The predicted molar refractivity (Wildman–Crippen MR) is 101 cm³/mol. The molecule has 1 amide bonds. The minimum absolute atomic E-state index is 0.000796. The molecule has 0 saturated heterocycles. The van der Waals surface area contributed by atoms with E-state index in [1.807, 2.05) is 42.5 Å². The molecule has 1 atom stereocenters. The Morgan fingerprint density at radius 1 is 0.926 bits per heavy atom. The summed E-state index contributed by atoms with van der Waals surface area (Å²) in [4.78, 5) is 23.3. The Bertz CT molecular complexity index is 969. The molecule has 0 fully saturated rings. The first-order chi connectivity index (χ1) is 13.0. The van der Waals surface area contributed by atoms with Crippen molar-refractivity contribution >= 4 is 22.6 Å². The summed E-state index contributed by atoms with van der Waals surface area (Å²) < 4.78 is 5.58. The zero-order chi connectivity index (χ0) is 19.2. The van der Waals surface area contributed by atoms with Crippen molar-refractivity contribution in [2.75, 3.05) is 13.2 Å². The summed E-state index contributed by atoms with van der Waals surface area (Å²) in [5.41, 5.74) is -0.0375. The highest BCUT2D eigenvalue weighted by atomic mass is 16.5. The molecular formula is C21H19NO5. The molecule has 0 radical (unpaired) electrons. The topological polar surface area (TPSA) is 95.9 Å². The van der Waals surface area contributed by atoms with Crippen LogP contribution in [0.4, 0.5) is 0 Å². The van der Waals surface area contributed by atoms with Gasteiger partial charge in [-0.1, -0.05) is 42.5 Å². The normalized spacial score (nSPS) is 11.7. The van der Waals surface area contributed by atoms with Crippen LogP contribution in [0.1, 0.15) is 20.7 Å². The van der Waals surface area contributed by atoms with Gasteiger partial charge in [0.05, 0.1) is 11.1 Å². The van der Waals surface area contributed by atoms with Crippen LogP contribution in [0.2, 0.25) is 0 Å². The van der Waals surface area contributed by atoms with Crippen LogP contribution in [-0.4, -0.2) is 41.3 Å². The summed E-state index contributed by atoms with van der Waals surface area (Å²) in [6.07, 6.45) is -0.933. The number of aromatic carboxylic acids is 1. The minimum atomic E-state index is -1.18. The molecule has 0 heterocycles. The summed E-state index contributed by atoms with van der Waals surface area (Å²) in [6.45, 7) is -0.0560. The number of aliphatic hydroxyl groups excluding tert-OH is 1. The van der Waals surface area contributed by atoms with E-state index in [9.17, 15) is 14.7 Å². The van der Waals surface area contributed by atoms with Crippen molar-refractivity contribution in [2.45, 2.75) is 6.10 Å². The third kappa shape index (κ3) is 4.62. The SMILES string of the molecule is O=C(O)c1ccccc1C(=O)NCC(O)COc1ccc2ccccc2c1. The van der Waals surface area contributed by atoms with Gasteiger partial charge >= 0.3 is 5.97 Å². The molecule has 27 heavy (non-hydrogen) atoms. The molecule has 6 nitrogen and oxygen atoms in total. The summed E-state index contributed by atoms with van der Waals surface area (Å²) in [6, 6.07) is 19.4. The third-order valence-corrected chi connectivity index (χ3v) is 4.06. The first-order valence-electron chi connectivity index (χ1n) is 8.45. The molecule has 3 rings (SSSR count). The molecule has 0 aliphatic carbocycles. The van der Waals surface area contributed by atoms with E-state index < -0.39 is 18.0 Å². The molecule has 0 spiro atoms. The van der Waals surface area contributed by atoms with Crippen molar-refractivity contribution in [1.82, 2.24) is 5.32 Å². The first kappa shape index (κ1) is 18.4. The second-order valence-electron chi connectivity index (χ2n) is 6.03. The number of rotatable bonds is 7. The standard InChI is InChI=1S/C21H19NO5/c23-16(12-22-20(24)18-7-3-4-8-19(18)21(25)26)13-27-17-10-9-14-5-1-2-6-15(14)11-17/h1-11,16,23H,12-13H2,(H,22,24)(H,25,26). The monoisotopic (exact) mass is 365 g/mol. The van der Waals surface area contributed by atoms with Gasteiger partial charge in [-0.2, -0.15) is 0 Å². The van der Waals surface area contributed by atoms with Gasteiger partial charge in [0.2, 0.25) is 0 Å². The fraction of sp³-hybridized carbons (Fsp3) is 0.143. The van der Waals surface area contributed by atoms with Gasteiger partial charge < -0.3 is 20.3 Å². The van der Waals surface area contributed by atoms with Crippen LogP contribution in [-0.2, 0) is 0 Å². The lowest BCUT2D eigenvalue weighted by Crippen LogP contribution is -2.35. The van der Waals surface area contributed by atoms with Crippen molar-refractivity contribution in [1.29, 1.82) is 0 Å². The van der Waals surface area contributed by atoms with E-state index in [0.29, 0.717) is 5.75 Å². The lowest BCUT2D eigenvalue weighted by molar-refractivity contribution is 0.0689. The van der Waals surface area contributed by atoms with Gasteiger partial charge in [-0.25, -0.2) is 4.79 Å². The summed E-state index contributed by atoms with van der Waals surface area (Å²) in [5.74, 6) is -1.12. The van der Waals surface area contributed by atoms with Crippen LogP contribution in [0.3, 0.4) is 0 Å². The van der Waals surface area contributed by atoms with Crippen molar-refractivity contribution in [2.24, 2.45) is 0 Å². The molecule has 0 aliphatic rings. The maximum atomic E-state index is 12.2. The third-order valence-electron chi connectivity index (χ3n) is 4.06. The summed E-state index contributed by atoms with van der Waals surface area (Å²) in [7, 11) is 0. The van der Waals surface area contributed by atoms with Gasteiger partial charge in [0.15, 0.2) is 0 Å². The van der Waals surface area contributed by atoms with E-state index >= 15 is 0 Å². The molecule has 3 aromatic rings. The number of fused-ring (bicyclic) bond motifs is 1. The molecule has 3 aromatic carbocycles. The zero-order valence-electron chi connectivity index (χ0n) is 14.5. The average Bonchev–Trinajstić information content (AvgIpc) is 2.70. The largest absolute Gasteiger partial charge is 0.491 e. The molecule has 0 bridgehead atoms. The van der Waals surface area contributed by atoms with E-state index in [-0.39, 0.29) is 24.3 Å². The number of ether oxygens (including phenoxy) is 1. The van der Waals surface area contributed by atoms with E-state index in [0.717, 1.165) is 10.8 Å². The van der Waals surface area contributed by atoms with Crippen LogP contribution < -0.4 is 10.1 Å². The Hall–Kier alpha value is -3.38. The lowest BCUT2D eigenvalue weighted by Gasteiger charge is -2.14. The lowest BCUT2D eigenvalue weighted by atomic mass is 10.1. The Balaban J connectivity index is 1.54. The molecule has 3 N–H and O–H groups in total. The number of amides is 1. The summed E-state index contributed by atoms with van der Waals surface area (Å²) in [5, 5.41) is 23.8. The van der Waals surface area contributed by atoms with E-state index in [1.54, 1.807) is 12.1 Å². The van der Waals surface area contributed by atoms with Gasteiger partial charge in [0, 0.05) is 6.54 Å². The Morgan fingerprint density at radius 3 is 2.33 bits per heavy atom. The van der Waals surface area contributed by atoms with Crippen LogP contribution in [0.5, 0.6) is 5.75 Å². The number of benzene rings is 3. The van der Waals surface area contributed by atoms with Crippen molar-refractivity contribution in [3.8, 4) is 5.75 Å². The Labute approximate surface area is 156 Å². The average molecular weight is 365 g/mol. The fourth-order valence-electron chi connectivity index (χ4n) is 2.68. The molecule has 138 valence electrons. The highest BCUT2D eigenvalue weighted by molar-refractivity contribution is 6.04. The van der Waals surface area contributed by atoms with Crippen LogP contribution in [0, 0.1) is 0 Å². The molecule has 6 heteroatoms. The number of carboxylic acids is 1. The highest BCUT2D eigenvalue weighted by Crippen LogP contribution is 2.20. The maximum absolute atomic E-state index is 12.2. The molecule has 0 saturated carbocycles. The quantitative estimate of drug-likeness (QED) is 0.598. The second-order valence-corrected chi connectivity index (χ2v) is 6.03. The smallest absolute Gasteiger partial charge is 0.336 e. The van der Waals surface area contributed by atoms with Crippen molar-refractivity contribution < 1.29 is 24.5 Å². The Kier molecular flexibility index (Phi) is 5.68. The number of hydrogen-bond acceptors (Lipinski definition) is 4. The van der Waals surface area contributed by atoms with Gasteiger partial charge in [-0.05, 0) is 35.0 Å². The first-order valence-corrected chi connectivity index (χ1v) is 8.45. The van der Waals surface area contributed by atoms with E-state index in [1.165, 1.54) is 12.1 Å². The molecule has 1 unspecified atom stereocenters. The predicted octanol–water partition coefficient (Wildman–Crippen LogP) is 2.71. The zero-order valence-corrected chi connectivity index (χ0v) is 14.5. The second kappa shape index (κ2) is 8.33. The summed E-state index contributed by atoms with van der Waals surface area (Å²) >= 11 is 0. The number of carbonyl (C=O) groups excluding carboxylic acids is 1. The number of carbonyl (C=O) groups is 2. The van der Waals surface area contributed by atoms with E-state index in [4.69, 9.17) is 9.84 Å². The molecular weight excluding hydrogens is 346 g/mol. The fourth-order valence-corrected chi connectivity index (χ4v) is 2.68. The van der Waals surface area contributed by atoms with Gasteiger partial charge in [0.25, 0.3) is 5.91 Å². The van der Waals surface area contributed by atoms with Gasteiger partial charge in [-0.3, -0.25) is 4.79 Å². The Morgan fingerprint density at radius 2 is 1.59 bits per heavy atom. The minimum Gasteiger partial charge on any atom is -0.491 e.